The number of sulfonamides is 1. The summed E-state index contributed by atoms with van der Waals surface area (Å²) in [6.07, 6.45) is 1.48. The van der Waals surface area contributed by atoms with Gasteiger partial charge in [0.05, 0.1) is 17.1 Å². The van der Waals surface area contributed by atoms with E-state index in [1.165, 1.54) is 23.5 Å². The van der Waals surface area contributed by atoms with E-state index < -0.39 is 10.0 Å². The first-order valence-corrected chi connectivity index (χ1v) is 14.1. The van der Waals surface area contributed by atoms with Crippen LogP contribution in [-0.2, 0) is 21.4 Å². The first-order valence-electron chi connectivity index (χ1n) is 11.9. The molecule has 1 amide bonds. The minimum atomic E-state index is -3.75. The van der Waals surface area contributed by atoms with Gasteiger partial charge in [-0.1, -0.05) is 47.5 Å². The number of amidine groups is 1. The SMILES string of the molecule is Cc1c(Cl)ccc(S(=O)(=O)N(C)CCCCC(=O)N(C)Cc2ccc(C3=NCC(C)(C)N3)cc2)c1Cl. The molecule has 7 nitrogen and oxygen atoms in total. The number of amides is 1. The average molecular weight is 554 g/mol. The smallest absolute Gasteiger partial charge is 0.244 e. The number of carbonyl (C=O) groups is 1. The molecule has 0 atom stereocenters. The van der Waals surface area contributed by atoms with Gasteiger partial charge >= 0.3 is 0 Å². The molecule has 0 aliphatic carbocycles. The van der Waals surface area contributed by atoms with Crippen LogP contribution in [-0.4, -0.2) is 62.1 Å². The maximum Gasteiger partial charge on any atom is 0.244 e. The molecule has 0 fully saturated rings. The van der Waals surface area contributed by atoms with Crippen molar-refractivity contribution < 1.29 is 13.2 Å². The van der Waals surface area contributed by atoms with Crippen molar-refractivity contribution in [2.45, 2.75) is 57.0 Å². The first-order chi connectivity index (χ1) is 16.8. The lowest BCUT2D eigenvalue weighted by atomic mass is 10.1. The molecule has 0 spiro atoms. The van der Waals surface area contributed by atoms with Gasteiger partial charge in [-0.3, -0.25) is 9.79 Å². The largest absolute Gasteiger partial charge is 0.363 e. The van der Waals surface area contributed by atoms with Crippen LogP contribution in [0.1, 0.15) is 49.8 Å². The Morgan fingerprint density at radius 2 is 1.75 bits per heavy atom. The van der Waals surface area contributed by atoms with Crippen LogP contribution in [0.3, 0.4) is 0 Å². The van der Waals surface area contributed by atoms with Crippen molar-refractivity contribution in [2.24, 2.45) is 4.99 Å². The minimum Gasteiger partial charge on any atom is -0.363 e. The quantitative estimate of drug-likeness (QED) is 0.426. The number of aliphatic imine (C=N–C) groups is 1. The predicted molar refractivity (Wildman–Crippen MR) is 146 cm³/mol. The molecule has 1 N–H and O–H groups in total. The van der Waals surface area contributed by atoms with E-state index >= 15 is 0 Å². The van der Waals surface area contributed by atoms with Gasteiger partial charge < -0.3 is 10.2 Å². The van der Waals surface area contributed by atoms with E-state index in [1.54, 1.807) is 18.9 Å². The number of hydrogen-bond acceptors (Lipinski definition) is 5. The number of nitrogens with zero attached hydrogens (tertiary/aromatic N) is 3. The van der Waals surface area contributed by atoms with E-state index in [4.69, 9.17) is 23.2 Å². The Morgan fingerprint density at radius 1 is 1.08 bits per heavy atom. The van der Waals surface area contributed by atoms with E-state index in [-0.39, 0.29) is 27.9 Å². The van der Waals surface area contributed by atoms with Crippen LogP contribution in [0.4, 0.5) is 0 Å². The number of benzene rings is 2. The van der Waals surface area contributed by atoms with Gasteiger partial charge in [0.25, 0.3) is 0 Å². The Hall–Kier alpha value is -2.13. The van der Waals surface area contributed by atoms with Crippen LogP contribution in [0.2, 0.25) is 10.0 Å². The molecule has 10 heteroatoms. The first kappa shape index (κ1) is 28.4. The Balaban J connectivity index is 1.46. The lowest BCUT2D eigenvalue weighted by Gasteiger charge is -2.20. The van der Waals surface area contributed by atoms with E-state index in [2.05, 4.69) is 24.2 Å². The molecule has 2 aromatic rings. The van der Waals surface area contributed by atoms with Crippen LogP contribution >= 0.6 is 23.2 Å². The third-order valence-corrected chi connectivity index (χ3v) is 9.16. The molecule has 0 radical (unpaired) electrons. The van der Waals surface area contributed by atoms with Crippen LogP contribution in [0.15, 0.2) is 46.3 Å². The molecule has 196 valence electrons. The maximum atomic E-state index is 12.9. The highest BCUT2D eigenvalue weighted by Crippen LogP contribution is 2.31. The van der Waals surface area contributed by atoms with Gasteiger partial charge in [0, 0.05) is 44.2 Å². The molecular weight excluding hydrogens is 519 g/mol. The third kappa shape index (κ3) is 6.79. The molecule has 0 saturated carbocycles. The fraction of sp³-hybridized carbons (Fsp3) is 0.462. The van der Waals surface area contributed by atoms with Gasteiger partial charge in [-0.2, -0.15) is 0 Å². The molecular formula is C26H34Cl2N4O3S. The second-order valence-electron chi connectivity index (χ2n) is 9.89. The second kappa shape index (κ2) is 11.5. The van der Waals surface area contributed by atoms with Crippen molar-refractivity contribution in [3.63, 3.8) is 0 Å². The van der Waals surface area contributed by atoms with Gasteiger partial charge in [-0.25, -0.2) is 12.7 Å². The number of unbranched alkanes of at least 4 members (excludes halogenated alkanes) is 1. The Bertz CT molecular complexity index is 1240. The zero-order valence-corrected chi connectivity index (χ0v) is 23.8. The number of rotatable bonds is 10. The maximum absolute atomic E-state index is 12.9. The number of nitrogens with one attached hydrogen (secondary N) is 1. The Labute approximate surface area is 224 Å². The molecule has 1 heterocycles. The summed E-state index contributed by atoms with van der Waals surface area (Å²) in [5.41, 5.74) is 2.58. The van der Waals surface area contributed by atoms with Gasteiger partial charge in [-0.15, -0.1) is 0 Å². The van der Waals surface area contributed by atoms with Crippen molar-refractivity contribution in [3.05, 3.63) is 63.1 Å². The normalized spacial score (nSPS) is 15.1. The predicted octanol–water partition coefficient (Wildman–Crippen LogP) is 4.88. The summed E-state index contributed by atoms with van der Waals surface area (Å²) < 4.78 is 27.1. The van der Waals surface area contributed by atoms with Crippen molar-refractivity contribution in [2.75, 3.05) is 27.2 Å². The summed E-state index contributed by atoms with van der Waals surface area (Å²) in [6.45, 7) is 7.46. The van der Waals surface area contributed by atoms with Crippen LogP contribution in [0.5, 0.6) is 0 Å². The highest BCUT2D eigenvalue weighted by molar-refractivity contribution is 7.89. The summed E-state index contributed by atoms with van der Waals surface area (Å²) in [5, 5.41) is 3.98. The molecule has 3 rings (SSSR count). The van der Waals surface area contributed by atoms with E-state index in [0.717, 1.165) is 23.5 Å². The minimum absolute atomic E-state index is 0.0181. The molecule has 1 aliphatic rings. The van der Waals surface area contributed by atoms with Crippen LogP contribution < -0.4 is 5.32 Å². The molecule has 0 saturated heterocycles. The summed E-state index contributed by atoms with van der Waals surface area (Å²) in [6, 6.07) is 11.0. The lowest BCUT2D eigenvalue weighted by Crippen LogP contribution is -2.39. The summed E-state index contributed by atoms with van der Waals surface area (Å²) in [5.74, 6) is 0.918. The fourth-order valence-electron chi connectivity index (χ4n) is 3.90. The van der Waals surface area contributed by atoms with Crippen molar-refractivity contribution in [1.29, 1.82) is 0 Å². The molecule has 0 unspecified atom stereocenters. The Morgan fingerprint density at radius 3 is 2.36 bits per heavy atom. The van der Waals surface area contributed by atoms with Gasteiger partial charge in [-0.05, 0) is 56.9 Å². The zero-order valence-electron chi connectivity index (χ0n) is 21.4. The molecule has 36 heavy (non-hydrogen) atoms. The van der Waals surface area contributed by atoms with Crippen LogP contribution in [0, 0.1) is 6.92 Å². The van der Waals surface area contributed by atoms with E-state index in [1.807, 2.05) is 24.3 Å². The summed E-state index contributed by atoms with van der Waals surface area (Å²) in [4.78, 5) is 18.9. The zero-order chi connectivity index (χ0) is 26.7. The highest BCUT2D eigenvalue weighted by atomic mass is 35.5. The summed E-state index contributed by atoms with van der Waals surface area (Å²) in [7, 11) is -0.453. The van der Waals surface area contributed by atoms with Crippen LogP contribution in [0.25, 0.3) is 0 Å². The molecule has 0 bridgehead atoms. The van der Waals surface area contributed by atoms with E-state index in [0.29, 0.717) is 36.4 Å². The number of carbonyl (C=O) groups excluding carboxylic acids is 1. The molecule has 1 aliphatic heterocycles. The molecule has 0 aromatic heterocycles. The number of halogens is 2. The topological polar surface area (TPSA) is 82.1 Å². The fourth-order valence-corrected chi connectivity index (χ4v) is 5.88. The third-order valence-electron chi connectivity index (χ3n) is 6.25. The monoisotopic (exact) mass is 552 g/mol. The highest BCUT2D eigenvalue weighted by Gasteiger charge is 2.26. The second-order valence-corrected chi connectivity index (χ2v) is 12.7. The van der Waals surface area contributed by atoms with Crippen molar-refractivity contribution in [3.8, 4) is 0 Å². The van der Waals surface area contributed by atoms with Gasteiger partial charge in [0.1, 0.15) is 10.7 Å². The van der Waals surface area contributed by atoms with E-state index in [9.17, 15) is 13.2 Å². The summed E-state index contributed by atoms with van der Waals surface area (Å²) >= 11 is 12.3. The Kier molecular flexibility index (Phi) is 9.09. The number of hydrogen-bond donors (Lipinski definition) is 1. The van der Waals surface area contributed by atoms with Gasteiger partial charge in [0.15, 0.2) is 0 Å². The van der Waals surface area contributed by atoms with Gasteiger partial charge in [0.2, 0.25) is 15.9 Å². The average Bonchev–Trinajstić information content (AvgIpc) is 3.19. The standard InChI is InChI=1S/C26H34Cl2N4O3S/c1-18-21(27)13-14-22(24(18)28)36(34,35)32(5)15-7-6-8-23(33)31(4)16-19-9-11-20(12-10-19)25-29-17-26(2,3)30-25/h9-14H,6-8,15-17H2,1-5H3,(H,29,30). The molecule has 2 aromatic carbocycles. The van der Waals surface area contributed by atoms with Crippen molar-refractivity contribution >= 4 is 45.0 Å². The van der Waals surface area contributed by atoms with Crippen molar-refractivity contribution in [1.82, 2.24) is 14.5 Å². The lowest BCUT2D eigenvalue weighted by molar-refractivity contribution is -0.130.